The Hall–Kier alpha value is -1.66. The standard InChI is InChI=1S/2C15H13.2ClH.Zr/c2*1-2-11-9-13-8-7-12-5-3-4-6-14(12)15(13)10-11;;;/h2*3-10H,2H2,1H3;2*1H;/q;;;;+2/p-2. The summed E-state index contributed by atoms with van der Waals surface area (Å²) in [6, 6.07) is 27.4. The third kappa shape index (κ3) is 3.97. The maximum absolute atomic E-state index is 2.54. The number of halogens is 2. The van der Waals surface area contributed by atoms with Crippen molar-refractivity contribution in [3.63, 3.8) is 0 Å². The predicted molar refractivity (Wildman–Crippen MR) is 130 cm³/mol. The van der Waals surface area contributed by atoms with Crippen molar-refractivity contribution in [3.8, 4) is 0 Å². The van der Waals surface area contributed by atoms with Crippen LogP contribution in [0.3, 0.4) is 0 Å². The first kappa shape index (κ1) is 24.5. The molecular formula is C30H26Cl2Zr. The van der Waals surface area contributed by atoms with Gasteiger partial charge in [0.1, 0.15) is 0 Å². The van der Waals surface area contributed by atoms with Crippen LogP contribution in [0.15, 0.2) is 83.9 Å². The fourth-order valence-corrected chi connectivity index (χ4v) is 11.0. The molecule has 0 aliphatic heterocycles. The van der Waals surface area contributed by atoms with E-state index in [-0.39, 0.29) is 24.8 Å². The molecule has 3 heteroatoms. The first-order valence-corrected chi connectivity index (χ1v) is 14.3. The summed E-state index contributed by atoms with van der Waals surface area (Å²) in [4.78, 5) is 0. The second-order valence-corrected chi connectivity index (χ2v) is 12.4. The molecule has 0 saturated carbocycles. The Labute approximate surface area is 220 Å². The Morgan fingerprint density at radius 1 is 0.576 bits per heavy atom. The van der Waals surface area contributed by atoms with E-state index < -0.39 is 23.2 Å². The fraction of sp³-hybridized carbons (Fsp3) is 0.200. The molecule has 0 fully saturated rings. The van der Waals surface area contributed by atoms with Crippen LogP contribution in [0.1, 0.15) is 56.2 Å². The zero-order valence-corrected chi connectivity index (χ0v) is 22.9. The molecule has 2 aliphatic rings. The van der Waals surface area contributed by atoms with Gasteiger partial charge in [0.05, 0.1) is 0 Å². The van der Waals surface area contributed by atoms with Crippen LogP contribution >= 0.6 is 0 Å². The zero-order chi connectivity index (χ0) is 20.9. The first-order valence-electron chi connectivity index (χ1n) is 11.5. The van der Waals surface area contributed by atoms with Crippen LogP contribution < -0.4 is 24.8 Å². The van der Waals surface area contributed by atoms with Crippen LogP contribution in [0.5, 0.6) is 0 Å². The zero-order valence-electron chi connectivity index (χ0n) is 18.9. The van der Waals surface area contributed by atoms with Crippen molar-refractivity contribution >= 4 is 33.7 Å². The smallest absolute Gasteiger partial charge is 1.00 e. The van der Waals surface area contributed by atoms with Gasteiger partial charge in [-0.05, 0) is 0 Å². The molecule has 33 heavy (non-hydrogen) atoms. The molecule has 164 valence electrons. The average molecular weight is 549 g/mol. The summed E-state index contributed by atoms with van der Waals surface area (Å²) in [6.07, 6.45) is 7.40. The summed E-state index contributed by atoms with van der Waals surface area (Å²) >= 11 is -0.801. The van der Waals surface area contributed by atoms with Crippen molar-refractivity contribution in [1.82, 2.24) is 0 Å². The van der Waals surface area contributed by atoms with Crippen LogP contribution in [0.4, 0.5) is 0 Å². The minimum absolute atomic E-state index is 0. The van der Waals surface area contributed by atoms with Gasteiger partial charge >= 0.3 is 197 Å². The molecule has 0 amide bonds. The summed E-state index contributed by atoms with van der Waals surface area (Å²) in [5.74, 6) is 0. The molecule has 4 aromatic rings. The topological polar surface area (TPSA) is 0 Å². The number of benzene rings is 4. The fourth-order valence-electron chi connectivity index (χ4n) is 5.56. The maximum Gasteiger partial charge on any atom is -1.00 e. The summed E-state index contributed by atoms with van der Waals surface area (Å²) in [5, 5.41) is 5.59. The van der Waals surface area contributed by atoms with Crippen LogP contribution in [0, 0.1) is 0 Å². The summed E-state index contributed by atoms with van der Waals surface area (Å²) < 4.78 is 1.37. The number of rotatable bonds is 4. The van der Waals surface area contributed by atoms with E-state index in [9.17, 15) is 0 Å². The molecule has 2 atom stereocenters. The van der Waals surface area contributed by atoms with Gasteiger partial charge in [-0.15, -0.1) is 0 Å². The van der Waals surface area contributed by atoms with Gasteiger partial charge < -0.3 is 24.8 Å². The maximum atomic E-state index is 2.54. The molecule has 0 nitrogen and oxygen atoms in total. The molecule has 0 heterocycles. The first-order chi connectivity index (χ1) is 15.3. The summed E-state index contributed by atoms with van der Waals surface area (Å²) in [7, 11) is 0. The molecule has 0 saturated heterocycles. The van der Waals surface area contributed by atoms with Crippen LogP contribution in [-0.4, -0.2) is 0 Å². The average Bonchev–Trinajstić information content (AvgIpc) is 3.37. The second-order valence-electron chi connectivity index (χ2n) is 8.76. The van der Waals surface area contributed by atoms with E-state index in [1.807, 2.05) is 0 Å². The Morgan fingerprint density at radius 2 is 1.00 bits per heavy atom. The minimum Gasteiger partial charge on any atom is -1.00 e. The molecule has 6 rings (SSSR count). The van der Waals surface area contributed by atoms with Gasteiger partial charge in [0.2, 0.25) is 0 Å². The predicted octanol–water partition coefficient (Wildman–Crippen LogP) is 2.48. The van der Waals surface area contributed by atoms with Crippen molar-refractivity contribution in [2.45, 2.75) is 33.9 Å². The Balaban J connectivity index is 0.00000130. The van der Waals surface area contributed by atoms with Crippen molar-refractivity contribution in [2.24, 2.45) is 0 Å². The van der Waals surface area contributed by atoms with E-state index in [0.29, 0.717) is 7.25 Å². The second kappa shape index (κ2) is 9.91. The van der Waals surface area contributed by atoms with E-state index in [1.54, 1.807) is 22.3 Å². The van der Waals surface area contributed by atoms with Crippen molar-refractivity contribution in [1.29, 1.82) is 0 Å². The normalized spacial score (nSPS) is 18.0. The molecule has 0 radical (unpaired) electrons. The van der Waals surface area contributed by atoms with E-state index in [4.69, 9.17) is 0 Å². The van der Waals surface area contributed by atoms with Crippen LogP contribution in [0.2, 0.25) is 0 Å². The monoisotopic (exact) mass is 546 g/mol. The number of hydrogen-bond acceptors (Lipinski definition) is 0. The SMILES string of the molecule is CCC1=Cc2c(ccc3ccccc23)[CH]1[Zr+2][CH]1C(CC)=Cc2c1ccc1ccccc21.[Cl-].[Cl-]. The van der Waals surface area contributed by atoms with Gasteiger partial charge in [-0.25, -0.2) is 0 Å². The van der Waals surface area contributed by atoms with Gasteiger partial charge in [-0.1, -0.05) is 0 Å². The Morgan fingerprint density at radius 3 is 1.42 bits per heavy atom. The molecule has 0 aromatic heterocycles. The van der Waals surface area contributed by atoms with E-state index in [1.165, 1.54) is 32.7 Å². The molecule has 4 aromatic carbocycles. The largest absolute Gasteiger partial charge is 1.00 e. The van der Waals surface area contributed by atoms with Crippen LogP contribution in [0.25, 0.3) is 33.7 Å². The summed E-state index contributed by atoms with van der Waals surface area (Å²) in [5.41, 5.74) is 9.54. The summed E-state index contributed by atoms with van der Waals surface area (Å²) in [6.45, 7) is 4.69. The van der Waals surface area contributed by atoms with E-state index >= 15 is 0 Å². The van der Waals surface area contributed by atoms with Gasteiger partial charge in [0.25, 0.3) is 0 Å². The Kier molecular flexibility index (Phi) is 7.35. The van der Waals surface area contributed by atoms with Crippen LogP contribution in [-0.2, 0) is 23.2 Å². The molecule has 0 bridgehead atoms. The quantitative estimate of drug-likeness (QED) is 0.368. The van der Waals surface area contributed by atoms with Crippen molar-refractivity contribution in [2.75, 3.05) is 0 Å². The minimum atomic E-state index is -0.801. The number of fused-ring (bicyclic) bond motifs is 6. The van der Waals surface area contributed by atoms with Gasteiger partial charge in [0, 0.05) is 0 Å². The van der Waals surface area contributed by atoms with Gasteiger partial charge in [-0.3, -0.25) is 0 Å². The third-order valence-corrected chi connectivity index (χ3v) is 12.2. The molecular weight excluding hydrogens is 522 g/mol. The number of allylic oxidation sites excluding steroid dienone is 2. The third-order valence-electron chi connectivity index (χ3n) is 7.18. The van der Waals surface area contributed by atoms with E-state index in [0.717, 1.165) is 12.8 Å². The number of hydrogen-bond donors (Lipinski definition) is 0. The van der Waals surface area contributed by atoms with Gasteiger partial charge in [0.15, 0.2) is 0 Å². The van der Waals surface area contributed by atoms with Crippen molar-refractivity contribution < 1.29 is 48.0 Å². The molecule has 2 aliphatic carbocycles. The van der Waals surface area contributed by atoms with E-state index in [2.05, 4.69) is 98.8 Å². The van der Waals surface area contributed by atoms with Crippen molar-refractivity contribution in [3.05, 3.63) is 106 Å². The molecule has 0 spiro atoms. The Bertz CT molecular complexity index is 1290. The van der Waals surface area contributed by atoms with Gasteiger partial charge in [-0.2, -0.15) is 0 Å². The molecule has 2 unspecified atom stereocenters. The molecule has 0 N–H and O–H groups in total.